The van der Waals surface area contributed by atoms with Crippen LogP contribution in [0.25, 0.3) is 0 Å². The molecule has 28 heavy (non-hydrogen) atoms. The van der Waals surface area contributed by atoms with E-state index in [1.54, 1.807) is 0 Å². The predicted octanol–water partition coefficient (Wildman–Crippen LogP) is 1.25. The molecule has 8 nitrogen and oxygen atoms in total. The van der Waals surface area contributed by atoms with Crippen LogP contribution in [0, 0.1) is 5.92 Å². The van der Waals surface area contributed by atoms with Crippen LogP contribution in [0.3, 0.4) is 0 Å². The summed E-state index contributed by atoms with van der Waals surface area (Å²) in [5.41, 5.74) is 0. The molecule has 3 saturated heterocycles. The van der Waals surface area contributed by atoms with Gasteiger partial charge < -0.3 is 14.5 Å². The minimum Gasteiger partial charge on any atom is -0.379 e. The van der Waals surface area contributed by atoms with E-state index in [2.05, 4.69) is 26.6 Å². The Bertz CT molecular complexity index is 670. The Morgan fingerprint density at radius 2 is 1.79 bits per heavy atom. The zero-order valence-corrected chi connectivity index (χ0v) is 16.8. The van der Waals surface area contributed by atoms with Gasteiger partial charge in [0.15, 0.2) is 0 Å². The summed E-state index contributed by atoms with van der Waals surface area (Å²) in [4.78, 5) is 19.5. The van der Waals surface area contributed by atoms with Crippen LogP contribution in [0.4, 0.5) is 5.95 Å². The van der Waals surface area contributed by atoms with Crippen LogP contribution in [0.2, 0.25) is 0 Å². The molecule has 1 aromatic rings. The number of anilines is 1. The van der Waals surface area contributed by atoms with Gasteiger partial charge in [-0.05, 0) is 31.6 Å². The highest BCUT2D eigenvalue weighted by Gasteiger charge is 2.29. The van der Waals surface area contributed by atoms with Crippen LogP contribution in [0.15, 0.2) is 12.7 Å². The molecule has 0 spiro atoms. The second kappa shape index (κ2) is 9.05. The van der Waals surface area contributed by atoms with Crippen LogP contribution < -0.4 is 4.90 Å². The van der Waals surface area contributed by atoms with E-state index in [0.29, 0.717) is 12.4 Å². The lowest BCUT2D eigenvalue weighted by Gasteiger charge is -2.36. The molecule has 0 unspecified atom stereocenters. The molecule has 4 rings (SSSR count). The molecule has 154 valence electrons. The Kier molecular flexibility index (Phi) is 6.26. The van der Waals surface area contributed by atoms with Gasteiger partial charge in [-0.25, -0.2) is 0 Å². The average molecular weight is 389 g/mol. The van der Waals surface area contributed by atoms with E-state index in [0.717, 1.165) is 96.6 Å². The molecule has 8 heteroatoms. The number of morpholine rings is 1. The largest absolute Gasteiger partial charge is 0.379 e. The first-order valence-corrected chi connectivity index (χ1v) is 10.6. The summed E-state index contributed by atoms with van der Waals surface area (Å²) in [5.74, 6) is 1.98. The molecular weight excluding hydrogens is 356 g/mol. The highest BCUT2D eigenvalue weighted by molar-refractivity contribution is 5.91. The molecule has 3 fully saturated rings. The van der Waals surface area contributed by atoms with Crippen molar-refractivity contribution in [3.8, 4) is 0 Å². The summed E-state index contributed by atoms with van der Waals surface area (Å²) in [6.45, 7) is 13.0. The van der Waals surface area contributed by atoms with Crippen molar-refractivity contribution in [2.45, 2.75) is 32.2 Å². The van der Waals surface area contributed by atoms with Crippen molar-refractivity contribution in [1.82, 2.24) is 24.6 Å². The molecule has 0 saturated carbocycles. The van der Waals surface area contributed by atoms with Gasteiger partial charge in [0.2, 0.25) is 11.8 Å². The quantitative estimate of drug-likeness (QED) is 0.684. The number of hydrogen-bond donors (Lipinski definition) is 0. The zero-order valence-electron chi connectivity index (χ0n) is 16.8. The third-order valence-electron chi connectivity index (χ3n) is 6.14. The van der Waals surface area contributed by atoms with E-state index in [-0.39, 0.29) is 5.91 Å². The van der Waals surface area contributed by atoms with E-state index in [4.69, 9.17) is 4.74 Å². The number of nitrogens with zero attached hydrogens (tertiary/aromatic N) is 6. The van der Waals surface area contributed by atoms with Gasteiger partial charge in [-0.3, -0.25) is 14.3 Å². The highest BCUT2D eigenvalue weighted by Crippen LogP contribution is 2.24. The lowest BCUT2D eigenvalue weighted by atomic mass is 9.96. The Labute approximate surface area is 167 Å². The Morgan fingerprint density at radius 1 is 1.07 bits per heavy atom. The lowest BCUT2D eigenvalue weighted by molar-refractivity contribution is 0.0288. The predicted molar refractivity (Wildman–Crippen MR) is 108 cm³/mol. The van der Waals surface area contributed by atoms with Crippen molar-refractivity contribution >= 4 is 11.9 Å². The first-order chi connectivity index (χ1) is 13.8. The summed E-state index contributed by atoms with van der Waals surface area (Å²) >= 11 is 0. The maximum atomic E-state index is 12.8. The topological polar surface area (TPSA) is 66.7 Å². The number of piperidine rings is 1. The summed E-state index contributed by atoms with van der Waals surface area (Å²) in [6.07, 6.45) is 6.26. The van der Waals surface area contributed by atoms with Crippen molar-refractivity contribution in [3.63, 3.8) is 0 Å². The van der Waals surface area contributed by atoms with Crippen LogP contribution in [-0.2, 0) is 11.3 Å². The number of carbonyl (C=O) groups is 1. The normalized spacial score (nSPS) is 22.0. The fourth-order valence-electron chi connectivity index (χ4n) is 4.51. The molecular formula is C20H32N6O2. The van der Waals surface area contributed by atoms with Crippen molar-refractivity contribution < 1.29 is 9.53 Å². The summed E-state index contributed by atoms with van der Waals surface area (Å²) < 4.78 is 7.39. The van der Waals surface area contributed by atoms with E-state index in [1.165, 1.54) is 0 Å². The Balaban J connectivity index is 1.40. The third kappa shape index (κ3) is 4.22. The van der Waals surface area contributed by atoms with Crippen LogP contribution in [0.1, 0.15) is 36.3 Å². The molecule has 0 N–H and O–H groups in total. The summed E-state index contributed by atoms with van der Waals surface area (Å²) in [7, 11) is 0. The number of allylic oxidation sites excluding steroid dienone is 1. The van der Waals surface area contributed by atoms with Crippen LogP contribution in [-0.4, -0.2) is 89.5 Å². The fraction of sp³-hybridized carbons (Fsp3) is 0.750. The maximum Gasteiger partial charge on any atom is 0.291 e. The number of hydrogen-bond acceptors (Lipinski definition) is 6. The summed E-state index contributed by atoms with van der Waals surface area (Å²) in [5, 5.41) is 8.69. The minimum absolute atomic E-state index is 0.000281. The van der Waals surface area contributed by atoms with Gasteiger partial charge in [-0.1, -0.05) is 6.08 Å². The number of aromatic nitrogens is 3. The molecule has 0 bridgehead atoms. The number of likely N-dealkylation sites (tertiary alicyclic amines) is 1. The van der Waals surface area contributed by atoms with Crippen molar-refractivity contribution in [1.29, 1.82) is 0 Å². The number of rotatable bonds is 6. The van der Waals surface area contributed by atoms with Gasteiger partial charge in [0.05, 0.1) is 13.2 Å². The molecule has 0 atom stereocenters. The van der Waals surface area contributed by atoms with Crippen LogP contribution >= 0.6 is 0 Å². The van der Waals surface area contributed by atoms with Gasteiger partial charge in [-0.2, -0.15) is 0 Å². The number of ether oxygens (including phenoxy) is 1. The van der Waals surface area contributed by atoms with Gasteiger partial charge in [0.25, 0.3) is 5.91 Å². The first kappa shape index (κ1) is 19.4. The zero-order chi connectivity index (χ0) is 19.3. The van der Waals surface area contributed by atoms with Crippen molar-refractivity contribution in [2.24, 2.45) is 5.92 Å². The first-order valence-electron chi connectivity index (χ1n) is 10.6. The van der Waals surface area contributed by atoms with E-state index >= 15 is 0 Å². The molecule has 1 aromatic heterocycles. The standard InChI is InChI=1S/C20H32N6O2/c1-2-7-26-18(19(27)24-8-3-4-9-24)21-22-20(26)25-10-5-17(6-11-25)16-23-12-14-28-15-13-23/h2,17H,1,3-16H2. The molecule has 0 aliphatic carbocycles. The Hall–Kier alpha value is -1.93. The van der Waals surface area contributed by atoms with Gasteiger partial charge >= 0.3 is 0 Å². The Morgan fingerprint density at radius 3 is 2.46 bits per heavy atom. The molecule has 4 heterocycles. The van der Waals surface area contributed by atoms with E-state index in [9.17, 15) is 4.79 Å². The third-order valence-corrected chi connectivity index (χ3v) is 6.14. The highest BCUT2D eigenvalue weighted by atomic mass is 16.5. The van der Waals surface area contributed by atoms with Crippen molar-refractivity contribution in [3.05, 3.63) is 18.5 Å². The second-order valence-electron chi connectivity index (χ2n) is 8.07. The average Bonchev–Trinajstić information content (AvgIpc) is 3.40. The molecule has 0 aromatic carbocycles. The van der Waals surface area contributed by atoms with E-state index < -0.39 is 0 Å². The molecule has 3 aliphatic heterocycles. The van der Waals surface area contributed by atoms with Gasteiger partial charge in [-0.15, -0.1) is 16.8 Å². The monoisotopic (exact) mass is 388 g/mol. The smallest absolute Gasteiger partial charge is 0.291 e. The molecule has 0 radical (unpaired) electrons. The van der Waals surface area contributed by atoms with Crippen LogP contribution in [0.5, 0.6) is 0 Å². The lowest BCUT2D eigenvalue weighted by Crippen LogP contribution is -2.43. The second-order valence-corrected chi connectivity index (χ2v) is 8.07. The molecule has 1 amide bonds. The SMILES string of the molecule is C=CCn1c(C(=O)N2CCCC2)nnc1N1CCC(CN2CCOCC2)CC1. The summed E-state index contributed by atoms with van der Waals surface area (Å²) in [6, 6.07) is 0. The molecule has 3 aliphatic rings. The number of carbonyl (C=O) groups excluding carboxylic acids is 1. The van der Waals surface area contributed by atoms with Crippen molar-refractivity contribution in [2.75, 3.05) is 63.9 Å². The number of amides is 1. The fourth-order valence-corrected chi connectivity index (χ4v) is 4.51. The maximum absolute atomic E-state index is 12.8. The van der Waals surface area contributed by atoms with Gasteiger partial charge in [0, 0.05) is 52.4 Å². The van der Waals surface area contributed by atoms with Gasteiger partial charge in [0.1, 0.15) is 0 Å². The minimum atomic E-state index is 0.000281. The van der Waals surface area contributed by atoms with E-state index in [1.807, 2.05) is 15.5 Å².